The van der Waals surface area contributed by atoms with E-state index < -0.39 is 0 Å². The van der Waals surface area contributed by atoms with E-state index in [1.807, 2.05) is 55.5 Å². The van der Waals surface area contributed by atoms with Crippen molar-refractivity contribution in [2.75, 3.05) is 0 Å². The van der Waals surface area contributed by atoms with Crippen LogP contribution in [0, 0.1) is 11.3 Å². The first-order valence-corrected chi connectivity index (χ1v) is 8.12. The fraction of sp³-hybridized carbons (Fsp3) is 0.150. The molecule has 25 heavy (non-hydrogen) atoms. The van der Waals surface area contributed by atoms with Crippen molar-refractivity contribution < 1.29 is 4.79 Å². The van der Waals surface area contributed by atoms with Crippen molar-refractivity contribution >= 4 is 23.0 Å². The van der Waals surface area contributed by atoms with Crippen LogP contribution in [-0.2, 0) is 4.79 Å². The van der Waals surface area contributed by atoms with Crippen LogP contribution in [0.15, 0.2) is 60.4 Å². The van der Waals surface area contributed by atoms with Crippen molar-refractivity contribution in [2.24, 2.45) is 0 Å². The lowest BCUT2D eigenvalue weighted by Crippen LogP contribution is -2.29. The second-order valence-corrected chi connectivity index (χ2v) is 5.66. The Labute approximate surface area is 146 Å². The number of aromatic amines is 1. The Kier molecular flexibility index (Phi) is 4.91. The van der Waals surface area contributed by atoms with Gasteiger partial charge in [0.1, 0.15) is 17.3 Å². The zero-order chi connectivity index (χ0) is 17.6. The van der Waals surface area contributed by atoms with Crippen LogP contribution >= 0.6 is 0 Å². The average molecular weight is 330 g/mol. The minimum absolute atomic E-state index is 0.0686. The Balaban J connectivity index is 1.85. The Morgan fingerprint density at radius 2 is 2.12 bits per heavy atom. The molecule has 124 valence electrons. The summed E-state index contributed by atoms with van der Waals surface area (Å²) in [5.74, 6) is -0.378. The number of carbonyl (C=O) groups excluding carboxylic acids is 1. The number of benzene rings is 1. The van der Waals surface area contributed by atoms with Gasteiger partial charge in [0.15, 0.2) is 0 Å². The number of hydrogen-bond acceptors (Lipinski definition) is 3. The number of H-pyrrole nitrogens is 1. The maximum Gasteiger partial charge on any atom is 0.262 e. The summed E-state index contributed by atoms with van der Waals surface area (Å²) in [7, 11) is 0. The molecule has 5 nitrogen and oxygen atoms in total. The standard InChI is InChI=1S/C20H18N4O/c1-2-18(14-7-4-3-5-8-14)24-20(25)15(12-21)11-16-13-23-19-17(16)9-6-10-22-19/h3-11,13,18H,2H2,1H3,(H,22,23)(H,24,25)/b15-11+/t18-/m1/s1. The lowest BCUT2D eigenvalue weighted by molar-refractivity contribution is -0.117. The smallest absolute Gasteiger partial charge is 0.262 e. The highest BCUT2D eigenvalue weighted by molar-refractivity contribution is 6.03. The van der Waals surface area contributed by atoms with Gasteiger partial charge < -0.3 is 10.3 Å². The molecule has 0 spiro atoms. The molecule has 1 atom stereocenters. The molecule has 1 amide bonds. The Bertz CT molecular complexity index is 950. The van der Waals surface area contributed by atoms with Crippen molar-refractivity contribution in [3.63, 3.8) is 0 Å². The lowest BCUT2D eigenvalue weighted by Gasteiger charge is -2.17. The summed E-state index contributed by atoms with van der Waals surface area (Å²) in [6, 6.07) is 15.3. The second-order valence-electron chi connectivity index (χ2n) is 5.66. The zero-order valence-corrected chi connectivity index (χ0v) is 13.9. The van der Waals surface area contributed by atoms with Crippen LogP contribution in [0.4, 0.5) is 0 Å². The van der Waals surface area contributed by atoms with Gasteiger partial charge in [0.05, 0.1) is 6.04 Å². The molecule has 3 aromatic rings. The normalized spacial score (nSPS) is 12.6. The second kappa shape index (κ2) is 7.45. The minimum atomic E-state index is -0.378. The molecule has 2 aromatic heterocycles. The van der Waals surface area contributed by atoms with E-state index in [-0.39, 0.29) is 17.5 Å². The first-order chi connectivity index (χ1) is 12.2. The van der Waals surface area contributed by atoms with Gasteiger partial charge in [-0.05, 0) is 30.2 Å². The molecule has 2 N–H and O–H groups in total. The SMILES string of the molecule is CC[C@@H](NC(=O)/C(C#N)=C/c1c[nH]c2ncccc12)c1ccccc1. The molecule has 0 unspecified atom stereocenters. The number of hydrogen-bond donors (Lipinski definition) is 2. The van der Waals surface area contributed by atoms with Gasteiger partial charge in [-0.3, -0.25) is 4.79 Å². The molecule has 1 aromatic carbocycles. The number of carbonyl (C=O) groups is 1. The number of nitrogens with one attached hydrogen (secondary N) is 2. The predicted molar refractivity (Wildman–Crippen MR) is 97.3 cm³/mol. The number of fused-ring (bicyclic) bond motifs is 1. The summed E-state index contributed by atoms with van der Waals surface area (Å²) in [4.78, 5) is 19.8. The quantitative estimate of drug-likeness (QED) is 0.552. The van der Waals surface area contributed by atoms with Crippen LogP contribution in [0.5, 0.6) is 0 Å². The molecule has 0 aliphatic rings. The topological polar surface area (TPSA) is 81.6 Å². The Morgan fingerprint density at radius 3 is 2.84 bits per heavy atom. The summed E-state index contributed by atoms with van der Waals surface area (Å²) in [5.41, 5.74) is 2.58. The maximum absolute atomic E-state index is 12.6. The van der Waals surface area contributed by atoms with Crippen molar-refractivity contribution in [1.29, 1.82) is 5.26 Å². The molecule has 5 heteroatoms. The van der Waals surface area contributed by atoms with E-state index in [2.05, 4.69) is 15.3 Å². The van der Waals surface area contributed by atoms with Crippen LogP contribution in [0.1, 0.15) is 30.5 Å². The molecule has 3 rings (SSSR count). The first-order valence-electron chi connectivity index (χ1n) is 8.12. The Morgan fingerprint density at radius 1 is 1.32 bits per heavy atom. The molecule has 0 aliphatic carbocycles. The number of nitrogens with zero attached hydrogens (tertiary/aromatic N) is 2. The molecule has 0 saturated carbocycles. The van der Waals surface area contributed by atoms with Gasteiger partial charge in [-0.1, -0.05) is 37.3 Å². The van der Waals surface area contributed by atoms with E-state index in [1.54, 1.807) is 18.5 Å². The molecular weight excluding hydrogens is 312 g/mol. The van der Waals surface area contributed by atoms with E-state index in [1.165, 1.54) is 0 Å². The van der Waals surface area contributed by atoms with E-state index >= 15 is 0 Å². The third-order valence-electron chi connectivity index (χ3n) is 4.06. The van der Waals surface area contributed by atoms with Gasteiger partial charge in [0.25, 0.3) is 5.91 Å². The third-order valence-corrected chi connectivity index (χ3v) is 4.06. The van der Waals surface area contributed by atoms with Gasteiger partial charge in [0.2, 0.25) is 0 Å². The van der Waals surface area contributed by atoms with Crippen LogP contribution < -0.4 is 5.32 Å². The van der Waals surface area contributed by atoms with E-state index in [0.717, 1.165) is 28.6 Å². The monoisotopic (exact) mass is 330 g/mol. The van der Waals surface area contributed by atoms with Gasteiger partial charge in [-0.2, -0.15) is 5.26 Å². The lowest BCUT2D eigenvalue weighted by atomic mass is 10.0. The van der Waals surface area contributed by atoms with Crippen LogP contribution in [0.3, 0.4) is 0 Å². The van der Waals surface area contributed by atoms with Crippen LogP contribution in [0.2, 0.25) is 0 Å². The number of pyridine rings is 1. The number of aromatic nitrogens is 2. The zero-order valence-electron chi connectivity index (χ0n) is 13.9. The van der Waals surface area contributed by atoms with E-state index in [4.69, 9.17) is 0 Å². The maximum atomic E-state index is 12.6. The molecular formula is C20H18N4O. The van der Waals surface area contributed by atoms with Gasteiger partial charge >= 0.3 is 0 Å². The molecule has 0 saturated heterocycles. The average Bonchev–Trinajstić information content (AvgIpc) is 3.07. The predicted octanol–water partition coefficient (Wildman–Crippen LogP) is 3.74. The van der Waals surface area contributed by atoms with Crippen LogP contribution in [-0.4, -0.2) is 15.9 Å². The fourth-order valence-corrected chi connectivity index (χ4v) is 2.74. The summed E-state index contributed by atoms with van der Waals surface area (Å²) in [6.45, 7) is 2.00. The van der Waals surface area contributed by atoms with Crippen molar-refractivity contribution in [2.45, 2.75) is 19.4 Å². The largest absolute Gasteiger partial charge is 0.346 e. The molecule has 0 aliphatic heterocycles. The van der Waals surface area contributed by atoms with Crippen molar-refractivity contribution in [3.8, 4) is 6.07 Å². The highest BCUT2D eigenvalue weighted by Gasteiger charge is 2.16. The van der Waals surface area contributed by atoms with E-state index in [0.29, 0.717) is 0 Å². The highest BCUT2D eigenvalue weighted by atomic mass is 16.1. The molecule has 0 fully saturated rings. The summed E-state index contributed by atoms with van der Waals surface area (Å²) in [6.07, 6.45) is 5.77. The highest BCUT2D eigenvalue weighted by Crippen LogP contribution is 2.20. The van der Waals surface area contributed by atoms with Gasteiger partial charge in [-0.25, -0.2) is 4.98 Å². The van der Waals surface area contributed by atoms with Gasteiger partial charge in [0, 0.05) is 23.3 Å². The van der Waals surface area contributed by atoms with Crippen LogP contribution in [0.25, 0.3) is 17.1 Å². The Hall–Kier alpha value is -3.39. The number of amides is 1. The molecule has 0 bridgehead atoms. The van der Waals surface area contributed by atoms with E-state index in [9.17, 15) is 10.1 Å². The molecule has 0 radical (unpaired) electrons. The fourth-order valence-electron chi connectivity index (χ4n) is 2.74. The minimum Gasteiger partial charge on any atom is -0.346 e. The summed E-state index contributed by atoms with van der Waals surface area (Å²) < 4.78 is 0. The molecule has 2 heterocycles. The summed E-state index contributed by atoms with van der Waals surface area (Å²) in [5, 5.41) is 13.2. The van der Waals surface area contributed by atoms with Crippen molar-refractivity contribution in [1.82, 2.24) is 15.3 Å². The van der Waals surface area contributed by atoms with Crippen molar-refractivity contribution in [3.05, 3.63) is 71.6 Å². The number of nitriles is 1. The number of rotatable bonds is 5. The third kappa shape index (κ3) is 3.59. The first kappa shape index (κ1) is 16.5. The van der Waals surface area contributed by atoms with Gasteiger partial charge in [-0.15, -0.1) is 0 Å². The summed E-state index contributed by atoms with van der Waals surface area (Å²) >= 11 is 0.